The highest BCUT2D eigenvalue weighted by atomic mass is 16.5. The van der Waals surface area contributed by atoms with Crippen molar-refractivity contribution in [1.29, 1.82) is 0 Å². The Morgan fingerprint density at radius 1 is 1.29 bits per heavy atom. The van der Waals surface area contributed by atoms with Gasteiger partial charge < -0.3 is 15.4 Å². The van der Waals surface area contributed by atoms with E-state index in [1.54, 1.807) is 0 Å². The molecule has 2 aliphatic rings. The van der Waals surface area contributed by atoms with Crippen LogP contribution >= 0.6 is 0 Å². The monoisotopic (exact) mass is 239 g/mol. The van der Waals surface area contributed by atoms with Gasteiger partial charge in [-0.15, -0.1) is 0 Å². The van der Waals surface area contributed by atoms with E-state index in [1.807, 2.05) is 7.11 Å². The minimum absolute atomic E-state index is 0.501. The fourth-order valence-corrected chi connectivity index (χ4v) is 2.66. The van der Waals surface area contributed by atoms with Gasteiger partial charge in [-0.3, -0.25) is 4.99 Å². The Kier molecular flexibility index (Phi) is 4.66. The highest BCUT2D eigenvalue weighted by molar-refractivity contribution is 5.78. The summed E-state index contributed by atoms with van der Waals surface area (Å²) in [5, 5.41) is 0. The first-order valence-corrected chi connectivity index (χ1v) is 6.87. The summed E-state index contributed by atoms with van der Waals surface area (Å²) in [6.07, 6.45) is 7.96. The van der Waals surface area contributed by atoms with Gasteiger partial charge in [0.25, 0.3) is 0 Å². The largest absolute Gasteiger partial charge is 0.381 e. The Bertz CT molecular complexity index is 255. The van der Waals surface area contributed by atoms with E-state index >= 15 is 0 Å². The number of guanidine groups is 1. The van der Waals surface area contributed by atoms with Crippen LogP contribution in [0.25, 0.3) is 0 Å². The molecule has 0 unspecified atom stereocenters. The smallest absolute Gasteiger partial charge is 0.191 e. The highest BCUT2D eigenvalue weighted by Crippen LogP contribution is 2.28. The van der Waals surface area contributed by atoms with Crippen LogP contribution in [0.2, 0.25) is 0 Å². The fraction of sp³-hybridized carbons (Fsp3) is 0.923. The minimum Gasteiger partial charge on any atom is -0.381 e. The molecule has 1 aliphatic heterocycles. The fourth-order valence-electron chi connectivity index (χ4n) is 2.66. The van der Waals surface area contributed by atoms with Crippen molar-refractivity contribution >= 4 is 5.96 Å². The van der Waals surface area contributed by atoms with E-state index in [-0.39, 0.29) is 0 Å². The summed E-state index contributed by atoms with van der Waals surface area (Å²) in [5.41, 5.74) is 5.89. The zero-order valence-electron chi connectivity index (χ0n) is 10.9. The molecule has 2 fully saturated rings. The number of ether oxygens (including phenoxy) is 1. The van der Waals surface area contributed by atoms with E-state index in [1.165, 1.54) is 38.5 Å². The molecule has 0 atom stereocenters. The Morgan fingerprint density at radius 3 is 2.53 bits per heavy atom. The summed E-state index contributed by atoms with van der Waals surface area (Å²) in [6.45, 7) is 3.08. The lowest BCUT2D eigenvalue weighted by molar-refractivity contribution is 0.0559. The van der Waals surface area contributed by atoms with Gasteiger partial charge in [-0.2, -0.15) is 0 Å². The van der Waals surface area contributed by atoms with Crippen LogP contribution in [0.4, 0.5) is 0 Å². The molecule has 0 radical (unpaired) electrons. The molecule has 1 aliphatic carbocycles. The van der Waals surface area contributed by atoms with Crippen LogP contribution < -0.4 is 5.73 Å². The summed E-state index contributed by atoms with van der Waals surface area (Å²) >= 11 is 0. The molecule has 2 N–H and O–H groups in total. The standard InChI is InChI=1S/C13H25N3O/c1-17-12-5-3-11(4-6-12)7-8-15-13(14)16-9-2-10-16/h11-12H,2-10H2,1H3,(H2,14,15). The third-order valence-electron chi connectivity index (χ3n) is 4.12. The average molecular weight is 239 g/mol. The van der Waals surface area contributed by atoms with E-state index in [2.05, 4.69) is 9.89 Å². The Morgan fingerprint density at radius 2 is 2.00 bits per heavy atom. The number of likely N-dealkylation sites (tertiary alicyclic amines) is 1. The molecule has 0 aromatic heterocycles. The first-order valence-electron chi connectivity index (χ1n) is 6.87. The van der Waals surface area contributed by atoms with E-state index < -0.39 is 0 Å². The predicted molar refractivity (Wildman–Crippen MR) is 70.1 cm³/mol. The molecule has 4 nitrogen and oxygen atoms in total. The van der Waals surface area contributed by atoms with Crippen LogP contribution in [0.3, 0.4) is 0 Å². The normalized spacial score (nSPS) is 30.2. The molecule has 4 heteroatoms. The molecule has 98 valence electrons. The Labute approximate surface area is 104 Å². The number of hydrogen-bond acceptors (Lipinski definition) is 2. The van der Waals surface area contributed by atoms with Gasteiger partial charge in [0.05, 0.1) is 6.10 Å². The molecule has 0 spiro atoms. The quantitative estimate of drug-likeness (QED) is 0.599. The van der Waals surface area contributed by atoms with Gasteiger partial charge in [0.15, 0.2) is 5.96 Å². The van der Waals surface area contributed by atoms with Crippen molar-refractivity contribution in [3.63, 3.8) is 0 Å². The number of nitrogens with zero attached hydrogens (tertiary/aromatic N) is 2. The third kappa shape index (κ3) is 3.60. The molecule has 0 aromatic rings. The van der Waals surface area contributed by atoms with Gasteiger partial charge in [0.2, 0.25) is 0 Å². The summed E-state index contributed by atoms with van der Waals surface area (Å²) in [7, 11) is 1.82. The van der Waals surface area contributed by atoms with Gasteiger partial charge in [-0.1, -0.05) is 0 Å². The number of rotatable bonds is 4. The van der Waals surface area contributed by atoms with Crippen LogP contribution in [0, 0.1) is 5.92 Å². The Balaban J connectivity index is 1.62. The van der Waals surface area contributed by atoms with Crippen molar-refractivity contribution in [2.24, 2.45) is 16.6 Å². The second-order valence-electron chi connectivity index (χ2n) is 5.25. The molecule has 1 saturated carbocycles. The summed E-state index contributed by atoms with van der Waals surface area (Å²) in [4.78, 5) is 6.62. The molecular weight excluding hydrogens is 214 g/mol. The number of methoxy groups -OCH3 is 1. The number of aliphatic imine (C=N–C) groups is 1. The van der Waals surface area contributed by atoms with Crippen LogP contribution in [0.5, 0.6) is 0 Å². The summed E-state index contributed by atoms with van der Waals surface area (Å²) in [5.74, 6) is 1.58. The van der Waals surface area contributed by atoms with Crippen molar-refractivity contribution in [3.8, 4) is 0 Å². The third-order valence-corrected chi connectivity index (χ3v) is 4.12. The average Bonchev–Trinajstić information content (AvgIpc) is 2.27. The maximum absolute atomic E-state index is 5.89. The van der Waals surface area contributed by atoms with Gasteiger partial charge in [0.1, 0.15) is 0 Å². The molecule has 2 rings (SSSR count). The van der Waals surface area contributed by atoms with Crippen LogP contribution in [0.1, 0.15) is 38.5 Å². The zero-order valence-corrected chi connectivity index (χ0v) is 10.9. The maximum atomic E-state index is 5.89. The molecular formula is C13H25N3O. The predicted octanol–water partition coefficient (Wildman–Crippen LogP) is 1.60. The zero-order chi connectivity index (χ0) is 12.1. The van der Waals surface area contributed by atoms with Crippen molar-refractivity contribution in [1.82, 2.24) is 4.90 Å². The lowest BCUT2D eigenvalue weighted by Crippen LogP contribution is -2.46. The summed E-state index contributed by atoms with van der Waals surface area (Å²) in [6, 6.07) is 0. The lowest BCUT2D eigenvalue weighted by Gasteiger charge is -2.32. The second-order valence-corrected chi connectivity index (χ2v) is 5.25. The number of hydrogen-bond donors (Lipinski definition) is 1. The first-order chi connectivity index (χ1) is 8.29. The number of nitrogens with two attached hydrogens (primary N) is 1. The SMILES string of the molecule is COC1CCC(CCN=C(N)N2CCC2)CC1. The maximum Gasteiger partial charge on any atom is 0.191 e. The lowest BCUT2D eigenvalue weighted by atomic mass is 9.85. The molecule has 1 heterocycles. The van der Waals surface area contributed by atoms with Gasteiger partial charge in [-0.05, 0) is 44.4 Å². The Hall–Kier alpha value is -0.770. The first kappa shape index (κ1) is 12.7. The van der Waals surface area contributed by atoms with Gasteiger partial charge in [0, 0.05) is 26.7 Å². The minimum atomic E-state index is 0.501. The van der Waals surface area contributed by atoms with Crippen molar-refractivity contribution in [3.05, 3.63) is 0 Å². The van der Waals surface area contributed by atoms with Crippen molar-refractivity contribution in [2.45, 2.75) is 44.6 Å². The molecule has 0 amide bonds. The van der Waals surface area contributed by atoms with Crippen molar-refractivity contribution in [2.75, 3.05) is 26.7 Å². The van der Waals surface area contributed by atoms with Crippen LogP contribution in [-0.4, -0.2) is 43.7 Å². The summed E-state index contributed by atoms with van der Waals surface area (Å²) < 4.78 is 5.38. The van der Waals surface area contributed by atoms with Crippen LogP contribution in [0.15, 0.2) is 4.99 Å². The molecule has 0 bridgehead atoms. The van der Waals surface area contributed by atoms with Gasteiger partial charge in [-0.25, -0.2) is 0 Å². The van der Waals surface area contributed by atoms with Gasteiger partial charge >= 0.3 is 0 Å². The molecule has 0 aromatic carbocycles. The topological polar surface area (TPSA) is 50.9 Å². The van der Waals surface area contributed by atoms with E-state index in [4.69, 9.17) is 10.5 Å². The van der Waals surface area contributed by atoms with Crippen LogP contribution in [-0.2, 0) is 4.74 Å². The van der Waals surface area contributed by atoms with Crippen molar-refractivity contribution < 1.29 is 4.74 Å². The van der Waals surface area contributed by atoms with E-state index in [9.17, 15) is 0 Å². The second kappa shape index (κ2) is 6.24. The van der Waals surface area contributed by atoms with E-state index in [0.717, 1.165) is 31.5 Å². The van der Waals surface area contributed by atoms with E-state index in [0.29, 0.717) is 6.10 Å². The molecule has 1 saturated heterocycles. The highest BCUT2D eigenvalue weighted by Gasteiger charge is 2.20. The molecule has 17 heavy (non-hydrogen) atoms.